The monoisotopic (exact) mass is 484 g/mol. The average molecular weight is 485 g/mol. The summed E-state index contributed by atoms with van der Waals surface area (Å²) >= 11 is 6.35. The normalized spacial score (nSPS) is 11.5. The van der Waals surface area contributed by atoms with E-state index < -0.39 is 17.4 Å². The molecule has 0 atom stereocenters. The zero-order valence-corrected chi connectivity index (χ0v) is 20.4. The van der Waals surface area contributed by atoms with Gasteiger partial charge >= 0.3 is 5.97 Å². The number of rotatable bonds is 10. The second-order valence-corrected chi connectivity index (χ2v) is 9.20. The minimum absolute atomic E-state index is 0.0441. The molecule has 8 nitrogen and oxygen atoms in total. The standard InChI is InChI=1S/C25H29ClN4O4/c1-15(2)28-20-10-5-16(13-19(20)26)22-14-21(30-34-22)24(33)29-18-8-6-17(7-9-18)25(3,4)27-12-11-23(31)32/h5-10,13-15,27-28H,11-12H2,1-4H3,(H,29,33)(H,31,32). The number of hydrogen-bond acceptors (Lipinski definition) is 6. The lowest BCUT2D eigenvalue weighted by molar-refractivity contribution is -0.136. The molecule has 2 aromatic carbocycles. The molecule has 1 amide bonds. The van der Waals surface area contributed by atoms with Crippen LogP contribution in [0, 0.1) is 0 Å². The highest BCUT2D eigenvalue weighted by atomic mass is 35.5. The van der Waals surface area contributed by atoms with Crippen molar-refractivity contribution in [3.8, 4) is 11.3 Å². The Bertz CT molecular complexity index is 1160. The highest BCUT2D eigenvalue weighted by Gasteiger charge is 2.20. The molecule has 0 aliphatic rings. The van der Waals surface area contributed by atoms with Crippen molar-refractivity contribution in [3.05, 3.63) is 64.8 Å². The van der Waals surface area contributed by atoms with Crippen LogP contribution in [0.1, 0.15) is 50.2 Å². The van der Waals surface area contributed by atoms with Gasteiger partial charge in [0.15, 0.2) is 11.5 Å². The van der Waals surface area contributed by atoms with E-state index in [1.807, 2.05) is 52.0 Å². The summed E-state index contributed by atoms with van der Waals surface area (Å²) in [7, 11) is 0. The van der Waals surface area contributed by atoms with Gasteiger partial charge in [-0.2, -0.15) is 0 Å². The van der Waals surface area contributed by atoms with Crippen LogP contribution in [0.2, 0.25) is 5.02 Å². The van der Waals surface area contributed by atoms with Gasteiger partial charge in [0.1, 0.15) is 0 Å². The number of benzene rings is 2. The van der Waals surface area contributed by atoms with Gasteiger partial charge in [-0.15, -0.1) is 0 Å². The molecule has 9 heteroatoms. The van der Waals surface area contributed by atoms with E-state index in [0.717, 1.165) is 11.3 Å². The molecule has 0 saturated carbocycles. The number of aliphatic carboxylic acids is 1. The molecule has 0 radical (unpaired) electrons. The van der Waals surface area contributed by atoms with Crippen LogP contribution in [0.3, 0.4) is 0 Å². The van der Waals surface area contributed by atoms with Crippen LogP contribution in [0.15, 0.2) is 53.1 Å². The summed E-state index contributed by atoms with van der Waals surface area (Å²) in [5, 5.41) is 22.5. The fourth-order valence-corrected chi connectivity index (χ4v) is 3.60. The summed E-state index contributed by atoms with van der Waals surface area (Å²) in [4.78, 5) is 23.4. The largest absolute Gasteiger partial charge is 0.481 e. The molecule has 1 aromatic heterocycles. The van der Waals surface area contributed by atoms with Crippen LogP contribution in [0.25, 0.3) is 11.3 Å². The first-order valence-electron chi connectivity index (χ1n) is 11.0. The van der Waals surface area contributed by atoms with E-state index in [0.29, 0.717) is 28.6 Å². The van der Waals surface area contributed by atoms with Crippen molar-refractivity contribution in [2.75, 3.05) is 17.2 Å². The van der Waals surface area contributed by atoms with E-state index in [-0.39, 0.29) is 18.2 Å². The Morgan fingerprint density at radius 3 is 2.44 bits per heavy atom. The summed E-state index contributed by atoms with van der Waals surface area (Å²) in [6.45, 7) is 8.35. The van der Waals surface area contributed by atoms with Crippen molar-refractivity contribution in [2.24, 2.45) is 0 Å². The predicted octanol–water partition coefficient (Wildman–Crippen LogP) is 5.37. The Balaban J connectivity index is 1.64. The topological polar surface area (TPSA) is 116 Å². The molecule has 34 heavy (non-hydrogen) atoms. The summed E-state index contributed by atoms with van der Waals surface area (Å²) in [6.07, 6.45) is 0.0441. The quantitative estimate of drug-likeness (QED) is 0.305. The number of carbonyl (C=O) groups excluding carboxylic acids is 1. The summed E-state index contributed by atoms with van der Waals surface area (Å²) in [5.41, 5.74) is 2.84. The van der Waals surface area contributed by atoms with Gasteiger partial charge < -0.3 is 25.6 Å². The molecule has 0 aliphatic carbocycles. The number of nitrogens with zero attached hydrogens (tertiary/aromatic N) is 1. The first-order chi connectivity index (χ1) is 16.0. The van der Waals surface area contributed by atoms with Gasteiger partial charge in [-0.1, -0.05) is 28.9 Å². The van der Waals surface area contributed by atoms with Crippen molar-refractivity contribution in [2.45, 2.75) is 45.7 Å². The fourth-order valence-electron chi connectivity index (χ4n) is 3.36. The average Bonchev–Trinajstić information content (AvgIpc) is 3.25. The van der Waals surface area contributed by atoms with Gasteiger partial charge in [0.05, 0.1) is 17.1 Å². The maximum atomic E-state index is 12.7. The van der Waals surface area contributed by atoms with Crippen molar-refractivity contribution in [3.63, 3.8) is 0 Å². The molecular formula is C25H29ClN4O4. The van der Waals surface area contributed by atoms with Crippen molar-refractivity contribution >= 4 is 34.9 Å². The van der Waals surface area contributed by atoms with E-state index in [1.54, 1.807) is 24.3 Å². The number of carbonyl (C=O) groups is 2. The zero-order chi connectivity index (χ0) is 24.9. The Kier molecular flexibility index (Phi) is 7.96. The Hall–Kier alpha value is -3.36. The van der Waals surface area contributed by atoms with Crippen molar-refractivity contribution < 1.29 is 19.2 Å². The van der Waals surface area contributed by atoms with Gasteiger partial charge in [0.2, 0.25) is 0 Å². The first kappa shape index (κ1) is 25.3. The number of aromatic nitrogens is 1. The number of amides is 1. The first-order valence-corrected chi connectivity index (χ1v) is 11.3. The minimum Gasteiger partial charge on any atom is -0.481 e. The van der Waals surface area contributed by atoms with Gasteiger partial charge in [-0.3, -0.25) is 9.59 Å². The molecular weight excluding hydrogens is 456 g/mol. The van der Waals surface area contributed by atoms with E-state index in [2.05, 4.69) is 21.1 Å². The van der Waals surface area contributed by atoms with Crippen LogP contribution in [0.5, 0.6) is 0 Å². The number of anilines is 2. The number of carboxylic acids is 1. The van der Waals surface area contributed by atoms with E-state index in [4.69, 9.17) is 21.2 Å². The maximum Gasteiger partial charge on any atom is 0.304 e. The molecule has 4 N–H and O–H groups in total. The summed E-state index contributed by atoms with van der Waals surface area (Å²) in [5.74, 6) is -0.806. The fraction of sp³-hybridized carbons (Fsp3) is 0.320. The Labute approximate surface area is 203 Å². The van der Waals surface area contributed by atoms with Crippen molar-refractivity contribution in [1.29, 1.82) is 0 Å². The number of hydrogen-bond donors (Lipinski definition) is 4. The number of carboxylic acid groups (broad SMARTS) is 1. The van der Waals surface area contributed by atoms with Gasteiger partial charge in [0, 0.05) is 35.4 Å². The third-order valence-electron chi connectivity index (χ3n) is 5.21. The maximum absolute atomic E-state index is 12.7. The number of halogens is 1. The molecule has 0 spiro atoms. The van der Waals surface area contributed by atoms with Crippen LogP contribution >= 0.6 is 11.6 Å². The molecule has 180 valence electrons. The zero-order valence-electron chi connectivity index (χ0n) is 19.6. The number of nitrogens with one attached hydrogen (secondary N) is 3. The Morgan fingerprint density at radius 2 is 1.82 bits per heavy atom. The van der Waals surface area contributed by atoms with Crippen LogP contribution in [0.4, 0.5) is 11.4 Å². The minimum atomic E-state index is -0.847. The second-order valence-electron chi connectivity index (χ2n) is 8.80. The SMILES string of the molecule is CC(C)Nc1ccc(-c2cc(C(=O)Nc3ccc(C(C)(C)NCCC(=O)O)cc3)no2)cc1Cl. The van der Waals surface area contributed by atoms with Gasteiger partial charge in [-0.05, 0) is 63.6 Å². The van der Waals surface area contributed by atoms with Crippen molar-refractivity contribution in [1.82, 2.24) is 10.5 Å². The second kappa shape index (κ2) is 10.7. The highest BCUT2D eigenvalue weighted by Crippen LogP contribution is 2.30. The molecule has 3 aromatic rings. The summed E-state index contributed by atoms with van der Waals surface area (Å²) < 4.78 is 5.36. The van der Waals surface area contributed by atoms with Crippen LogP contribution < -0.4 is 16.0 Å². The van der Waals surface area contributed by atoms with Gasteiger partial charge in [0.25, 0.3) is 5.91 Å². The highest BCUT2D eigenvalue weighted by molar-refractivity contribution is 6.33. The lowest BCUT2D eigenvalue weighted by Crippen LogP contribution is -2.37. The predicted molar refractivity (Wildman–Crippen MR) is 133 cm³/mol. The molecule has 0 saturated heterocycles. The lowest BCUT2D eigenvalue weighted by Gasteiger charge is -2.27. The van der Waals surface area contributed by atoms with Gasteiger partial charge in [-0.25, -0.2) is 0 Å². The molecule has 0 fully saturated rings. The summed E-state index contributed by atoms with van der Waals surface area (Å²) in [6, 6.07) is 14.6. The van der Waals surface area contributed by atoms with E-state index >= 15 is 0 Å². The molecule has 0 unspecified atom stereocenters. The molecule has 0 aliphatic heterocycles. The molecule has 1 heterocycles. The van der Waals surface area contributed by atoms with Crippen LogP contribution in [-0.2, 0) is 10.3 Å². The Morgan fingerprint density at radius 1 is 1.12 bits per heavy atom. The lowest BCUT2D eigenvalue weighted by atomic mass is 9.94. The van der Waals surface area contributed by atoms with Crippen LogP contribution in [-0.4, -0.2) is 34.7 Å². The molecule has 3 rings (SSSR count). The molecule has 0 bridgehead atoms. The van der Waals surface area contributed by atoms with E-state index in [1.165, 1.54) is 0 Å². The smallest absolute Gasteiger partial charge is 0.304 e. The third kappa shape index (κ3) is 6.59. The third-order valence-corrected chi connectivity index (χ3v) is 5.52. The van der Waals surface area contributed by atoms with E-state index in [9.17, 15) is 9.59 Å².